The minimum atomic E-state index is -0.358. The van der Waals surface area contributed by atoms with Crippen LogP contribution >= 0.6 is 0 Å². The number of hydrogen-bond donors (Lipinski definition) is 0. The van der Waals surface area contributed by atoms with Crippen LogP contribution in [0.25, 0.3) is 0 Å². The number of carbonyl (C=O) groups is 1. The van der Waals surface area contributed by atoms with Crippen molar-refractivity contribution >= 4 is 6.29 Å². The summed E-state index contributed by atoms with van der Waals surface area (Å²) in [6, 6.07) is 4.22. The molecule has 0 heterocycles. The van der Waals surface area contributed by atoms with Gasteiger partial charge in [0.05, 0.1) is 5.56 Å². The van der Waals surface area contributed by atoms with Gasteiger partial charge in [-0.2, -0.15) is 0 Å². The monoisotopic (exact) mass is 202 g/mol. The zero-order valence-corrected chi connectivity index (χ0v) is 8.29. The van der Waals surface area contributed by atoms with Gasteiger partial charge in [0.1, 0.15) is 12.1 Å². The fourth-order valence-corrected chi connectivity index (χ4v) is 1.32. The van der Waals surface area contributed by atoms with Crippen LogP contribution in [0.2, 0.25) is 0 Å². The first-order valence-corrected chi connectivity index (χ1v) is 5.03. The molecule has 1 nitrogen and oxygen atoms in total. The van der Waals surface area contributed by atoms with Crippen molar-refractivity contribution in [2.75, 3.05) is 0 Å². The van der Waals surface area contributed by atoms with Gasteiger partial charge in [0.25, 0.3) is 0 Å². The molecule has 1 aliphatic rings. The molecular weight excluding hydrogens is 191 g/mol. The molecular formula is C13H11FO. The SMILES string of the molecule is O=Cc1ccc(F)c(C#CCC2CC2)c1. The predicted molar refractivity (Wildman–Crippen MR) is 56.0 cm³/mol. The van der Waals surface area contributed by atoms with E-state index in [4.69, 9.17) is 0 Å². The summed E-state index contributed by atoms with van der Waals surface area (Å²) >= 11 is 0. The van der Waals surface area contributed by atoms with E-state index in [0.29, 0.717) is 17.4 Å². The lowest BCUT2D eigenvalue weighted by molar-refractivity contribution is 0.112. The molecule has 0 N–H and O–H groups in total. The maximum Gasteiger partial charge on any atom is 0.150 e. The van der Waals surface area contributed by atoms with Crippen molar-refractivity contribution in [1.82, 2.24) is 0 Å². The van der Waals surface area contributed by atoms with Crippen molar-refractivity contribution in [2.45, 2.75) is 19.3 Å². The molecule has 0 atom stereocenters. The van der Waals surface area contributed by atoms with Gasteiger partial charge >= 0.3 is 0 Å². The van der Waals surface area contributed by atoms with Crippen LogP contribution in [0, 0.1) is 23.6 Å². The Labute approximate surface area is 88.3 Å². The summed E-state index contributed by atoms with van der Waals surface area (Å²) in [4.78, 5) is 10.5. The van der Waals surface area contributed by atoms with Gasteiger partial charge in [0.15, 0.2) is 0 Å². The first kappa shape index (κ1) is 9.92. The molecule has 0 radical (unpaired) electrons. The van der Waals surface area contributed by atoms with Crippen LogP contribution in [0.5, 0.6) is 0 Å². The maximum absolute atomic E-state index is 13.2. The first-order valence-electron chi connectivity index (χ1n) is 5.03. The van der Waals surface area contributed by atoms with Crippen LogP contribution in [-0.4, -0.2) is 6.29 Å². The third-order valence-corrected chi connectivity index (χ3v) is 2.44. The summed E-state index contributed by atoms with van der Waals surface area (Å²) in [6.07, 6.45) is 4.02. The number of benzene rings is 1. The van der Waals surface area contributed by atoms with Crippen LogP contribution in [0.15, 0.2) is 18.2 Å². The standard InChI is InChI=1S/C13H11FO/c14-13-7-6-11(9-15)8-12(13)3-1-2-10-4-5-10/h6-10H,2,4-5H2. The van der Waals surface area contributed by atoms with Gasteiger partial charge in [-0.15, -0.1) is 0 Å². The van der Waals surface area contributed by atoms with Gasteiger partial charge in [0.2, 0.25) is 0 Å². The minimum Gasteiger partial charge on any atom is -0.298 e. The van der Waals surface area contributed by atoms with Crippen molar-refractivity contribution in [3.63, 3.8) is 0 Å². The fraction of sp³-hybridized carbons (Fsp3) is 0.308. The number of halogens is 1. The largest absolute Gasteiger partial charge is 0.298 e. The normalized spacial score (nSPS) is 14.2. The smallest absolute Gasteiger partial charge is 0.150 e. The Morgan fingerprint density at radius 3 is 2.93 bits per heavy atom. The van der Waals surface area contributed by atoms with Crippen LogP contribution in [0.3, 0.4) is 0 Å². The zero-order chi connectivity index (χ0) is 10.7. The highest BCUT2D eigenvalue weighted by Crippen LogP contribution is 2.31. The average molecular weight is 202 g/mol. The van der Waals surface area contributed by atoms with Crippen molar-refractivity contribution in [2.24, 2.45) is 5.92 Å². The van der Waals surface area contributed by atoms with Gasteiger partial charge in [-0.1, -0.05) is 11.8 Å². The Kier molecular flexibility index (Phi) is 2.82. The van der Waals surface area contributed by atoms with Crippen LogP contribution in [0.1, 0.15) is 35.2 Å². The number of carbonyl (C=O) groups excluding carboxylic acids is 1. The first-order chi connectivity index (χ1) is 7.29. The van der Waals surface area contributed by atoms with Crippen LogP contribution in [0.4, 0.5) is 4.39 Å². The molecule has 0 aromatic heterocycles. The second kappa shape index (κ2) is 4.27. The van der Waals surface area contributed by atoms with E-state index in [2.05, 4.69) is 11.8 Å². The summed E-state index contributed by atoms with van der Waals surface area (Å²) in [5.41, 5.74) is 0.785. The summed E-state index contributed by atoms with van der Waals surface area (Å²) in [5, 5.41) is 0. The Hall–Kier alpha value is -1.62. The van der Waals surface area contributed by atoms with Gasteiger partial charge < -0.3 is 0 Å². The van der Waals surface area contributed by atoms with Gasteiger partial charge in [-0.3, -0.25) is 4.79 Å². The Bertz CT molecular complexity index is 436. The highest BCUT2D eigenvalue weighted by Gasteiger charge is 2.19. The van der Waals surface area contributed by atoms with E-state index in [9.17, 15) is 9.18 Å². The highest BCUT2D eigenvalue weighted by atomic mass is 19.1. The Balaban J connectivity index is 2.15. The quantitative estimate of drug-likeness (QED) is 0.532. The molecule has 0 unspecified atom stereocenters. The minimum absolute atomic E-state index is 0.320. The molecule has 0 bridgehead atoms. The van der Waals surface area contributed by atoms with E-state index < -0.39 is 0 Å². The average Bonchev–Trinajstić information content (AvgIpc) is 3.05. The van der Waals surface area contributed by atoms with E-state index in [-0.39, 0.29) is 5.82 Å². The molecule has 0 saturated heterocycles. The Morgan fingerprint density at radius 1 is 1.47 bits per heavy atom. The van der Waals surface area contributed by atoms with Crippen molar-refractivity contribution in [3.8, 4) is 11.8 Å². The summed E-state index contributed by atoms with van der Waals surface area (Å²) in [5.74, 6) is 6.08. The molecule has 2 heteroatoms. The zero-order valence-electron chi connectivity index (χ0n) is 8.29. The summed E-state index contributed by atoms with van der Waals surface area (Å²) in [7, 11) is 0. The highest BCUT2D eigenvalue weighted by molar-refractivity contribution is 5.75. The predicted octanol–water partition coefficient (Wildman–Crippen LogP) is 2.79. The summed E-state index contributed by atoms with van der Waals surface area (Å²) in [6.45, 7) is 0. The second-order valence-corrected chi connectivity index (χ2v) is 3.81. The van der Waals surface area contributed by atoms with Crippen molar-refractivity contribution < 1.29 is 9.18 Å². The molecule has 0 spiro atoms. The lowest BCUT2D eigenvalue weighted by atomic mass is 10.1. The van der Waals surface area contributed by atoms with E-state index in [1.807, 2.05) is 0 Å². The lowest BCUT2D eigenvalue weighted by Crippen LogP contribution is -1.87. The van der Waals surface area contributed by atoms with Gasteiger partial charge in [0, 0.05) is 12.0 Å². The number of rotatable bonds is 2. The molecule has 1 aromatic rings. The molecule has 1 saturated carbocycles. The maximum atomic E-state index is 13.2. The third-order valence-electron chi connectivity index (χ3n) is 2.44. The van der Waals surface area contributed by atoms with Crippen molar-refractivity contribution in [3.05, 3.63) is 35.1 Å². The molecule has 1 aliphatic carbocycles. The molecule has 15 heavy (non-hydrogen) atoms. The summed E-state index contributed by atoms with van der Waals surface area (Å²) < 4.78 is 13.2. The molecule has 0 aliphatic heterocycles. The second-order valence-electron chi connectivity index (χ2n) is 3.81. The van der Waals surface area contributed by atoms with E-state index in [1.165, 1.54) is 31.0 Å². The molecule has 1 fully saturated rings. The lowest BCUT2D eigenvalue weighted by Gasteiger charge is -1.95. The molecule has 76 valence electrons. The molecule has 1 aromatic carbocycles. The third kappa shape index (κ3) is 2.66. The topological polar surface area (TPSA) is 17.1 Å². The number of hydrogen-bond acceptors (Lipinski definition) is 1. The van der Waals surface area contributed by atoms with E-state index in [1.54, 1.807) is 0 Å². The van der Waals surface area contributed by atoms with Gasteiger partial charge in [-0.25, -0.2) is 4.39 Å². The Morgan fingerprint density at radius 2 is 2.27 bits per heavy atom. The van der Waals surface area contributed by atoms with E-state index in [0.717, 1.165) is 12.3 Å². The van der Waals surface area contributed by atoms with E-state index >= 15 is 0 Å². The van der Waals surface area contributed by atoms with Crippen LogP contribution in [-0.2, 0) is 0 Å². The fourth-order valence-electron chi connectivity index (χ4n) is 1.32. The molecule has 0 amide bonds. The van der Waals surface area contributed by atoms with Crippen molar-refractivity contribution in [1.29, 1.82) is 0 Å². The number of aldehydes is 1. The van der Waals surface area contributed by atoms with Gasteiger partial charge in [-0.05, 0) is 37.0 Å². The molecule has 2 rings (SSSR count). The van der Waals surface area contributed by atoms with Crippen LogP contribution < -0.4 is 0 Å².